The molecule has 4 heteroatoms. The van der Waals surface area contributed by atoms with Crippen molar-refractivity contribution in [2.75, 3.05) is 7.11 Å². The van der Waals surface area contributed by atoms with Gasteiger partial charge in [0.15, 0.2) is 0 Å². The van der Waals surface area contributed by atoms with E-state index in [1.54, 1.807) is 12.1 Å². The van der Waals surface area contributed by atoms with Crippen LogP contribution in [0.25, 0.3) is 0 Å². The largest absolute Gasteiger partial charge is 0.383 e. The molecule has 12 heavy (non-hydrogen) atoms. The van der Waals surface area contributed by atoms with Crippen LogP contribution in [0.2, 0.25) is 0 Å². The highest BCUT2D eigenvalue weighted by molar-refractivity contribution is 9.10. The fourth-order valence-corrected chi connectivity index (χ4v) is 1.03. The second-order valence-electron chi connectivity index (χ2n) is 2.23. The zero-order valence-corrected chi connectivity index (χ0v) is 7.94. The topological polar surface area (TPSA) is 9.23 Å². The van der Waals surface area contributed by atoms with Gasteiger partial charge in [-0.3, -0.25) is 0 Å². The molecular weight excluding hydrogens is 230 g/mol. The Kier molecular flexibility index (Phi) is 2.80. The van der Waals surface area contributed by atoms with Crippen LogP contribution in [0.5, 0.6) is 0 Å². The molecule has 0 saturated heterocycles. The Hall–Kier alpha value is -0.480. The first-order valence-electron chi connectivity index (χ1n) is 3.25. The van der Waals surface area contributed by atoms with Crippen LogP contribution < -0.4 is 0 Å². The maximum absolute atomic E-state index is 12.8. The highest BCUT2D eigenvalue weighted by atomic mass is 79.9. The molecule has 1 aromatic rings. The van der Waals surface area contributed by atoms with E-state index >= 15 is 0 Å². The quantitative estimate of drug-likeness (QED) is 0.767. The molecule has 0 aliphatic carbocycles. The maximum atomic E-state index is 12.8. The number of methoxy groups -OCH3 is 1. The van der Waals surface area contributed by atoms with E-state index in [4.69, 9.17) is 0 Å². The predicted molar refractivity (Wildman–Crippen MR) is 45.0 cm³/mol. The number of hydrogen-bond donors (Lipinski definition) is 0. The first-order valence-corrected chi connectivity index (χ1v) is 4.04. The SMILES string of the molecule is COC(F)(F)c1ccc(Br)cc1. The summed E-state index contributed by atoms with van der Waals surface area (Å²) in [4.78, 5) is 0. The van der Waals surface area contributed by atoms with Crippen molar-refractivity contribution in [3.8, 4) is 0 Å². The fraction of sp³-hybridized carbons (Fsp3) is 0.250. The third-order valence-corrected chi connectivity index (χ3v) is 1.97. The van der Waals surface area contributed by atoms with E-state index in [0.29, 0.717) is 0 Å². The number of ether oxygens (including phenoxy) is 1. The first-order chi connectivity index (χ1) is 5.56. The number of halogens is 3. The number of hydrogen-bond acceptors (Lipinski definition) is 1. The minimum absolute atomic E-state index is 0.145. The summed E-state index contributed by atoms with van der Waals surface area (Å²) in [5.74, 6) is 0. The van der Waals surface area contributed by atoms with Gasteiger partial charge in [-0.1, -0.05) is 15.9 Å². The molecule has 0 unspecified atom stereocenters. The monoisotopic (exact) mass is 236 g/mol. The molecule has 0 bridgehead atoms. The van der Waals surface area contributed by atoms with E-state index in [9.17, 15) is 8.78 Å². The molecule has 1 nitrogen and oxygen atoms in total. The van der Waals surface area contributed by atoms with Gasteiger partial charge in [-0.25, -0.2) is 0 Å². The van der Waals surface area contributed by atoms with Gasteiger partial charge in [0, 0.05) is 11.6 Å². The molecule has 0 amide bonds. The third kappa shape index (κ3) is 2.01. The summed E-state index contributed by atoms with van der Waals surface area (Å²) >= 11 is 3.15. The highest BCUT2D eigenvalue weighted by Crippen LogP contribution is 2.28. The molecule has 0 fully saturated rings. The van der Waals surface area contributed by atoms with Crippen molar-refractivity contribution in [1.82, 2.24) is 0 Å². The molecular formula is C8H7BrF2O. The highest BCUT2D eigenvalue weighted by Gasteiger charge is 2.30. The van der Waals surface area contributed by atoms with Gasteiger partial charge in [0.2, 0.25) is 0 Å². The van der Waals surface area contributed by atoms with Crippen LogP contribution in [-0.2, 0) is 10.8 Å². The second-order valence-corrected chi connectivity index (χ2v) is 3.14. The normalized spacial score (nSPS) is 11.7. The van der Waals surface area contributed by atoms with Crippen LogP contribution >= 0.6 is 15.9 Å². The van der Waals surface area contributed by atoms with Gasteiger partial charge in [0.25, 0.3) is 0 Å². The number of benzene rings is 1. The van der Waals surface area contributed by atoms with Crippen LogP contribution in [-0.4, -0.2) is 7.11 Å². The van der Waals surface area contributed by atoms with E-state index in [2.05, 4.69) is 20.7 Å². The summed E-state index contributed by atoms with van der Waals surface area (Å²) in [7, 11) is 0.974. The van der Waals surface area contributed by atoms with Gasteiger partial charge < -0.3 is 4.74 Å². The minimum atomic E-state index is -3.19. The minimum Gasteiger partial charge on any atom is -0.320 e. The number of rotatable bonds is 2. The average Bonchev–Trinajstić information content (AvgIpc) is 2.05. The fourth-order valence-electron chi connectivity index (χ4n) is 0.762. The average molecular weight is 237 g/mol. The third-order valence-electron chi connectivity index (χ3n) is 1.44. The lowest BCUT2D eigenvalue weighted by Crippen LogP contribution is -2.15. The first kappa shape index (κ1) is 9.61. The summed E-state index contributed by atoms with van der Waals surface area (Å²) in [6.07, 6.45) is -3.19. The molecule has 0 atom stereocenters. The summed E-state index contributed by atoms with van der Waals surface area (Å²) in [5.41, 5.74) is -0.145. The van der Waals surface area contributed by atoms with Crippen LogP contribution in [0, 0.1) is 0 Å². The van der Waals surface area contributed by atoms with Crippen LogP contribution in [0.1, 0.15) is 5.56 Å². The Bertz CT molecular complexity index is 258. The van der Waals surface area contributed by atoms with E-state index in [0.717, 1.165) is 11.6 Å². The predicted octanol–water partition coefficient (Wildman–Crippen LogP) is 3.14. The van der Waals surface area contributed by atoms with E-state index < -0.39 is 6.11 Å². The lowest BCUT2D eigenvalue weighted by Gasteiger charge is -2.13. The molecule has 0 heterocycles. The van der Waals surface area contributed by atoms with Crippen LogP contribution in [0.4, 0.5) is 8.78 Å². The van der Waals surface area contributed by atoms with Crippen molar-refractivity contribution in [3.63, 3.8) is 0 Å². The van der Waals surface area contributed by atoms with Gasteiger partial charge in [0.05, 0.1) is 5.56 Å². The van der Waals surface area contributed by atoms with Gasteiger partial charge in [-0.2, -0.15) is 8.78 Å². The Morgan fingerprint density at radius 1 is 1.25 bits per heavy atom. The summed E-state index contributed by atoms with van der Waals surface area (Å²) in [6.45, 7) is 0. The Balaban J connectivity index is 2.96. The summed E-state index contributed by atoms with van der Waals surface area (Å²) in [6, 6.07) is 5.71. The molecule has 0 saturated carbocycles. The standard InChI is InChI=1S/C8H7BrF2O/c1-12-8(10,11)6-2-4-7(9)5-3-6/h2-5H,1H3. The summed E-state index contributed by atoms with van der Waals surface area (Å²) in [5, 5.41) is 0. The molecule has 0 radical (unpaired) electrons. The summed E-state index contributed by atoms with van der Waals surface area (Å²) < 4.78 is 30.3. The van der Waals surface area contributed by atoms with Crippen LogP contribution in [0.3, 0.4) is 0 Å². The maximum Gasteiger partial charge on any atom is 0.383 e. The molecule has 0 spiro atoms. The van der Waals surface area contributed by atoms with Gasteiger partial charge in [-0.15, -0.1) is 0 Å². The van der Waals surface area contributed by atoms with Gasteiger partial charge in [-0.05, 0) is 24.3 Å². The zero-order valence-electron chi connectivity index (χ0n) is 6.35. The van der Waals surface area contributed by atoms with Crippen LogP contribution in [0.15, 0.2) is 28.7 Å². The molecule has 1 aromatic carbocycles. The van der Waals surface area contributed by atoms with E-state index in [1.807, 2.05) is 0 Å². The molecule has 0 aliphatic rings. The Morgan fingerprint density at radius 2 is 1.75 bits per heavy atom. The van der Waals surface area contributed by atoms with E-state index in [1.165, 1.54) is 12.1 Å². The molecule has 0 aromatic heterocycles. The van der Waals surface area contributed by atoms with E-state index in [-0.39, 0.29) is 5.56 Å². The van der Waals surface area contributed by atoms with Crippen molar-refractivity contribution >= 4 is 15.9 Å². The van der Waals surface area contributed by atoms with Crippen molar-refractivity contribution < 1.29 is 13.5 Å². The smallest absolute Gasteiger partial charge is 0.320 e. The molecule has 66 valence electrons. The lowest BCUT2D eigenvalue weighted by molar-refractivity contribution is -0.231. The van der Waals surface area contributed by atoms with Gasteiger partial charge >= 0.3 is 6.11 Å². The number of alkyl halides is 2. The van der Waals surface area contributed by atoms with Crippen molar-refractivity contribution in [3.05, 3.63) is 34.3 Å². The Morgan fingerprint density at radius 3 is 2.17 bits per heavy atom. The van der Waals surface area contributed by atoms with Crippen molar-refractivity contribution in [2.45, 2.75) is 6.11 Å². The second kappa shape index (κ2) is 3.49. The zero-order chi connectivity index (χ0) is 9.19. The van der Waals surface area contributed by atoms with Crippen molar-refractivity contribution in [2.24, 2.45) is 0 Å². The van der Waals surface area contributed by atoms with Gasteiger partial charge in [0.1, 0.15) is 0 Å². The molecule has 0 N–H and O–H groups in total. The van der Waals surface area contributed by atoms with Crippen molar-refractivity contribution in [1.29, 1.82) is 0 Å². The molecule has 1 rings (SSSR count). The lowest BCUT2D eigenvalue weighted by atomic mass is 10.2. The molecule has 0 aliphatic heterocycles. The Labute approximate surface area is 77.5 Å².